The van der Waals surface area contributed by atoms with E-state index in [1.807, 2.05) is 6.92 Å². The molecule has 6 nitrogen and oxygen atoms in total. The fourth-order valence-electron chi connectivity index (χ4n) is 2.95. The molecule has 0 bridgehead atoms. The van der Waals surface area contributed by atoms with E-state index in [4.69, 9.17) is 4.74 Å². The van der Waals surface area contributed by atoms with E-state index in [0.29, 0.717) is 5.75 Å². The molecule has 0 spiro atoms. The Labute approximate surface area is 146 Å². The molecule has 0 radical (unpaired) electrons. The number of aryl methyl sites for hydroxylation is 2. The van der Waals surface area contributed by atoms with Crippen molar-refractivity contribution in [2.45, 2.75) is 39.3 Å². The van der Waals surface area contributed by atoms with Gasteiger partial charge in [-0.05, 0) is 61.9 Å². The molecule has 0 saturated carbocycles. The molecule has 0 saturated heterocycles. The molecule has 25 heavy (non-hydrogen) atoms. The van der Waals surface area contributed by atoms with E-state index in [-0.39, 0.29) is 5.69 Å². The molecule has 0 aromatic heterocycles. The molecular weight excluding hydrogens is 318 g/mol. The van der Waals surface area contributed by atoms with Gasteiger partial charge in [0.1, 0.15) is 5.75 Å². The van der Waals surface area contributed by atoms with E-state index in [0.717, 1.165) is 24.1 Å². The Balaban J connectivity index is 1.62. The molecule has 6 heteroatoms. The zero-order chi connectivity index (χ0) is 17.8. The van der Waals surface area contributed by atoms with Crippen molar-refractivity contribution in [2.24, 2.45) is 5.10 Å². The van der Waals surface area contributed by atoms with E-state index in [2.05, 4.69) is 28.7 Å². The van der Waals surface area contributed by atoms with Crippen LogP contribution in [0, 0.1) is 10.1 Å². The Kier molecular flexibility index (Phi) is 4.97. The van der Waals surface area contributed by atoms with Crippen LogP contribution in [0.2, 0.25) is 0 Å². The molecule has 2 aromatic carbocycles. The number of nitrogens with zero attached hydrogens (tertiary/aromatic N) is 2. The molecule has 0 fully saturated rings. The summed E-state index contributed by atoms with van der Waals surface area (Å²) < 4.78 is 5.64. The van der Waals surface area contributed by atoms with Gasteiger partial charge < -0.3 is 4.74 Å². The number of hydrogen-bond donors (Lipinski definition) is 1. The fraction of sp³-hybridized carbons (Fsp3) is 0.316. The quantitative estimate of drug-likeness (QED) is 0.376. The van der Waals surface area contributed by atoms with Crippen LogP contribution in [0.25, 0.3) is 0 Å². The third-order valence-corrected chi connectivity index (χ3v) is 4.27. The van der Waals surface area contributed by atoms with Gasteiger partial charge in [-0.25, -0.2) is 0 Å². The molecule has 1 N–H and O–H groups in total. The summed E-state index contributed by atoms with van der Waals surface area (Å²) in [5, 5.41) is 15.2. The number of hydrazone groups is 1. The average Bonchev–Trinajstić information content (AvgIpc) is 3.07. The average molecular weight is 339 g/mol. The molecule has 0 unspecified atom stereocenters. The Bertz CT molecular complexity index is 817. The molecule has 130 valence electrons. The van der Waals surface area contributed by atoms with Crippen molar-refractivity contribution in [2.75, 3.05) is 0 Å². The Morgan fingerprint density at radius 1 is 1.24 bits per heavy atom. The normalized spacial score (nSPS) is 14.7. The first-order chi connectivity index (χ1) is 12.0. The van der Waals surface area contributed by atoms with Crippen LogP contribution >= 0.6 is 0 Å². The molecular formula is C19H21N3O3. The highest BCUT2D eigenvalue weighted by Crippen LogP contribution is 2.23. The maximum Gasteiger partial charge on any atom is 0.273 e. The summed E-state index contributed by atoms with van der Waals surface area (Å²) in [6, 6.07) is 12.6. The number of fused-ring (bicyclic) bond motifs is 1. The Hall–Kier alpha value is -2.89. The van der Waals surface area contributed by atoms with Crippen LogP contribution in [0.15, 0.2) is 47.6 Å². The topological polar surface area (TPSA) is 76.8 Å². The highest BCUT2D eigenvalue weighted by Gasteiger charge is 2.12. The summed E-state index contributed by atoms with van der Waals surface area (Å²) in [6.45, 7) is 3.75. The van der Waals surface area contributed by atoms with Crippen molar-refractivity contribution >= 4 is 11.4 Å². The van der Waals surface area contributed by atoms with E-state index in [9.17, 15) is 10.1 Å². The second-order valence-electron chi connectivity index (χ2n) is 6.18. The second-order valence-corrected chi connectivity index (χ2v) is 6.18. The first-order valence-corrected chi connectivity index (χ1v) is 8.36. The van der Waals surface area contributed by atoms with E-state index < -0.39 is 11.2 Å². The van der Waals surface area contributed by atoms with Crippen LogP contribution in [0.3, 0.4) is 0 Å². The summed E-state index contributed by atoms with van der Waals surface area (Å²) in [5.74, 6) is 0.430. The van der Waals surface area contributed by atoms with Crippen LogP contribution in [-0.2, 0) is 12.8 Å². The lowest BCUT2D eigenvalue weighted by atomic mass is 10.0. The molecule has 0 amide bonds. The minimum Gasteiger partial charge on any atom is -0.469 e. The van der Waals surface area contributed by atoms with Gasteiger partial charge in [0.2, 0.25) is 0 Å². The zero-order valence-electron chi connectivity index (χ0n) is 14.4. The predicted molar refractivity (Wildman–Crippen MR) is 97.0 cm³/mol. The van der Waals surface area contributed by atoms with Crippen LogP contribution in [-0.4, -0.2) is 16.9 Å². The van der Waals surface area contributed by atoms with Gasteiger partial charge in [0.15, 0.2) is 6.23 Å². The van der Waals surface area contributed by atoms with E-state index >= 15 is 0 Å². The maximum atomic E-state index is 10.8. The number of benzene rings is 2. The van der Waals surface area contributed by atoms with Crippen molar-refractivity contribution < 1.29 is 9.66 Å². The van der Waals surface area contributed by atoms with Gasteiger partial charge in [0.05, 0.1) is 16.7 Å². The number of rotatable bonds is 6. The van der Waals surface area contributed by atoms with Crippen molar-refractivity contribution in [3.05, 3.63) is 69.3 Å². The number of non-ortho nitro benzene ring substituents is 1. The molecule has 0 aliphatic heterocycles. The van der Waals surface area contributed by atoms with Crippen molar-refractivity contribution in [3.8, 4) is 5.75 Å². The Morgan fingerprint density at radius 2 is 2.04 bits per heavy atom. The third kappa shape index (κ3) is 4.15. The summed E-state index contributed by atoms with van der Waals surface area (Å²) in [6.07, 6.45) is 3.11. The fourth-order valence-corrected chi connectivity index (χ4v) is 2.95. The SMILES string of the molecule is C/C(=N/N[C@@H](C)Oc1cccc([N+](=O)[O-])c1)c1ccc2c(c1)CCC2. The first kappa shape index (κ1) is 17.0. The molecule has 1 atom stereocenters. The van der Waals surface area contributed by atoms with Crippen LogP contribution in [0.4, 0.5) is 5.69 Å². The predicted octanol–water partition coefficient (Wildman–Crippen LogP) is 3.82. The van der Waals surface area contributed by atoms with Crippen LogP contribution in [0.5, 0.6) is 5.75 Å². The summed E-state index contributed by atoms with van der Waals surface area (Å²) in [5.41, 5.74) is 7.76. The van der Waals surface area contributed by atoms with Gasteiger partial charge in [-0.1, -0.05) is 18.2 Å². The summed E-state index contributed by atoms with van der Waals surface area (Å²) in [4.78, 5) is 10.4. The lowest BCUT2D eigenvalue weighted by Gasteiger charge is -2.15. The standard InChI is InChI=1S/C19H21N3O3/c1-13(16-10-9-15-5-3-6-17(15)11-16)20-21-14(2)25-19-8-4-7-18(12-19)22(23)24/h4,7-12,14,21H,3,5-6H2,1-2H3/b20-13-/t14-/m1/s1. The molecule has 3 rings (SSSR count). The highest BCUT2D eigenvalue weighted by molar-refractivity contribution is 5.98. The van der Waals surface area contributed by atoms with E-state index in [1.165, 1.54) is 29.7 Å². The zero-order valence-corrected chi connectivity index (χ0v) is 14.4. The second kappa shape index (κ2) is 7.34. The monoisotopic (exact) mass is 339 g/mol. The largest absolute Gasteiger partial charge is 0.469 e. The number of ether oxygens (including phenoxy) is 1. The number of nitrogens with one attached hydrogen (secondary N) is 1. The summed E-state index contributed by atoms with van der Waals surface area (Å²) in [7, 11) is 0. The van der Waals surface area contributed by atoms with Crippen molar-refractivity contribution in [1.82, 2.24) is 5.43 Å². The summed E-state index contributed by atoms with van der Waals surface area (Å²) >= 11 is 0. The number of hydrogen-bond acceptors (Lipinski definition) is 5. The minimum absolute atomic E-state index is 0.00234. The van der Waals surface area contributed by atoms with E-state index in [1.54, 1.807) is 19.1 Å². The van der Waals surface area contributed by atoms with Crippen molar-refractivity contribution in [3.63, 3.8) is 0 Å². The highest BCUT2D eigenvalue weighted by atomic mass is 16.6. The van der Waals surface area contributed by atoms with Gasteiger partial charge in [-0.15, -0.1) is 0 Å². The molecule has 1 aliphatic rings. The lowest BCUT2D eigenvalue weighted by molar-refractivity contribution is -0.384. The minimum atomic E-state index is -0.443. The van der Waals surface area contributed by atoms with Crippen LogP contribution in [0.1, 0.15) is 37.0 Å². The molecule has 2 aromatic rings. The van der Waals surface area contributed by atoms with Crippen LogP contribution < -0.4 is 10.2 Å². The maximum absolute atomic E-state index is 10.8. The van der Waals surface area contributed by atoms with Gasteiger partial charge in [0.25, 0.3) is 5.69 Å². The van der Waals surface area contributed by atoms with Crippen molar-refractivity contribution in [1.29, 1.82) is 0 Å². The van der Waals surface area contributed by atoms with Gasteiger partial charge in [-0.3, -0.25) is 15.5 Å². The van der Waals surface area contributed by atoms with Gasteiger partial charge in [0, 0.05) is 6.07 Å². The molecule has 0 heterocycles. The number of nitro groups is 1. The lowest BCUT2D eigenvalue weighted by Crippen LogP contribution is -2.28. The van der Waals surface area contributed by atoms with Gasteiger partial charge >= 0.3 is 0 Å². The Morgan fingerprint density at radius 3 is 2.84 bits per heavy atom. The molecule has 1 aliphatic carbocycles. The number of nitro benzene ring substituents is 1. The third-order valence-electron chi connectivity index (χ3n) is 4.27. The van der Waals surface area contributed by atoms with Gasteiger partial charge in [-0.2, -0.15) is 5.10 Å². The first-order valence-electron chi connectivity index (χ1n) is 8.36. The smallest absolute Gasteiger partial charge is 0.273 e.